The lowest BCUT2D eigenvalue weighted by molar-refractivity contribution is -0.0101. The van der Waals surface area contributed by atoms with E-state index in [0.717, 1.165) is 18.6 Å². The molecule has 0 heterocycles. The van der Waals surface area contributed by atoms with Crippen molar-refractivity contribution in [1.82, 2.24) is 0 Å². The van der Waals surface area contributed by atoms with Crippen molar-refractivity contribution in [2.45, 2.75) is 51.2 Å². The molecule has 0 aromatic heterocycles. The number of ether oxygens (including phenoxy) is 1. The van der Waals surface area contributed by atoms with Crippen molar-refractivity contribution in [2.75, 3.05) is 0 Å². The highest BCUT2D eigenvalue weighted by Crippen LogP contribution is 2.58. The van der Waals surface area contributed by atoms with Gasteiger partial charge in [0, 0.05) is 5.41 Å². The molecule has 2 aromatic carbocycles. The summed E-state index contributed by atoms with van der Waals surface area (Å²) in [5, 5.41) is 10.5. The van der Waals surface area contributed by atoms with Crippen molar-refractivity contribution in [1.29, 1.82) is 0 Å². The lowest BCUT2D eigenvalue weighted by Gasteiger charge is -2.50. The zero-order valence-corrected chi connectivity index (χ0v) is 16.0. The summed E-state index contributed by atoms with van der Waals surface area (Å²) in [5.41, 5.74) is 4.24. The zero-order chi connectivity index (χ0) is 18.4. The van der Waals surface area contributed by atoms with Crippen LogP contribution in [0.15, 0.2) is 60.7 Å². The predicted octanol–water partition coefficient (Wildman–Crippen LogP) is 5.26. The number of hydrogen-bond acceptors (Lipinski definition) is 2. The Bertz CT molecular complexity index is 856. The summed E-state index contributed by atoms with van der Waals surface area (Å²) in [6, 6.07) is 17.1. The minimum atomic E-state index is -0.265. The molecule has 0 spiro atoms. The van der Waals surface area contributed by atoms with Gasteiger partial charge >= 0.3 is 0 Å². The third-order valence-electron chi connectivity index (χ3n) is 7.42. The number of benzene rings is 2. The molecule has 1 N–H and O–H groups in total. The molecule has 5 atom stereocenters. The molecule has 1 fully saturated rings. The molecular weight excluding hydrogens is 332 g/mol. The first-order valence-electron chi connectivity index (χ1n) is 10.3. The SMILES string of the molecule is C[C@]12CC[C@H]3c4ccc(OCc5ccccc5)cc4CC[C@@H]3[C@@H]1C=C[C@@H]2O. The van der Waals surface area contributed by atoms with Crippen LogP contribution in [0.3, 0.4) is 0 Å². The van der Waals surface area contributed by atoms with Crippen LogP contribution in [0.5, 0.6) is 5.75 Å². The van der Waals surface area contributed by atoms with Crippen molar-refractivity contribution >= 4 is 0 Å². The van der Waals surface area contributed by atoms with Crippen molar-refractivity contribution in [3.8, 4) is 5.75 Å². The summed E-state index contributed by atoms with van der Waals surface area (Å²) in [5.74, 6) is 2.80. The van der Waals surface area contributed by atoms with E-state index < -0.39 is 0 Å². The van der Waals surface area contributed by atoms with E-state index in [-0.39, 0.29) is 11.5 Å². The fourth-order valence-electron chi connectivity index (χ4n) is 5.82. The van der Waals surface area contributed by atoms with Crippen LogP contribution in [0, 0.1) is 17.3 Å². The molecule has 0 aliphatic heterocycles. The van der Waals surface area contributed by atoms with Crippen LogP contribution in [0.2, 0.25) is 0 Å². The molecule has 1 saturated carbocycles. The molecule has 5 rings (SSSR count). The Morgan fingerprint density at radius 3 is 2.78 bits per heavy atom. The van der Waals surface area contributed by atoms with Gasteiger partial charge in [-0.1, -0.05) is 55.5 Å². The molecular formula is C25H28O2. The summed E-state index contributed by atoms with van der Waals surface area (Å²) in [4.78, 5) is 0. The number of rotatable bonds is 3. The van der Waals surface area contributed by atoms with Gasteiger partial charge < -0.3 is 9.84 Å². The summed E-state index contributed by atoms with van der Waals surface area (Å²) in [6.07, 6.45) is 8.73. The van der Waals surface area contributed by atoms with E-state index in [1.165, 1.54) is 29.5 Å². The first-order chi connectivity index (χ1) is 13.1. The molecule has 0 saturated heterocycles. The van der Waals surface area contributed by atoms with E-state index in [0.29, 0.717) is 24.4 Å². The van der Waals surface area contributed by atoms with Crippen LogP contribution < -0.4 is 4.74 Å². The summed E-state index contributed by atoms with van der Waals surface area (Å²) >= 11 is 0. The quantitative estimate of drug-likeness (QED) is 0.757. The Morgan fingerprint density at radius 1 is 1.07 bits per heavy atom. The summed E-state index contributed by atoms with van der Waals surface area (Å²) < 4.78 is 6.05. The molecule has 0 unspecified atom stereocenters. The Morgan fingerprint density at radius 2 is 1.93 bits per heavy atom. The summed E-state index contributed by atoms with van der Waals surface area (Å²) in [6.45, 7) is 2.91. The molecule has 27 heavy (non-hydrogen) atoms. The smallest absolute Gasteiger partial charge is 0.120 e. The Hall–Kier alpha value is -2.06. The second kappa shape index (κ2) is 6.53. The molecule has 0 radical (unpaired) electrons. The van der Waals surface area contributed by atoms with E-state index in [4.69, 9.17) is 4.74 Å². The van der Waals surface area contributed by atoms with Crippen molar-refractivity contribution in [3.63, 3.8) is 0 Å². The average Bonchev–Trinajstić information content (AvgIpc) is 3.01. The van der Waals surface area contributed by atoms with Gasteiger partial charge in [0.15, 0.2) is 0 Å². The first-order valence-corrected chi connectivity index (χ1v) is 10.3. The normalized spacial score (nSPS) is 33.9. The topological polar surface area (TPSA) is 29.5 Å². The van der Waals surface area contributed by atoms with Gasteiger partial charge in [0.2, 0.25) is 0 Å². The van der Waals surface area contributed by atoms with E-state index in [9.17, 15) is 5.11 Å². The highest BCUT2D eigenvalue weighted by atomic mass is 16.5. The number of aliphatic hydroxyl groups excluding tert-OH is 1. The van der Waals surface area contributed by atoms with Gasteiger partial charge in [-0.2, -0.15) is 0 Å². The van der Waals surface area contributed by atoms with Crippen LogP contribution in [-0.2, 0) is 13.0 Å². The second-order valence-electron chi connectivity index (χ2n) is 8.84. The zero-order valence-electron chi connectivity index (χ0n) is 16.0. The fraction of sp³-hybridized carbons (Fsp3) is 0.440. The van der Waals surface area contributed by atoms with E-state index in [2.05, 4.69) is 55.5 Å². The molecule has 0 amide bonds. The lowest BCUT2D eigenvalue weighted by Crippen LogP contribution is -2.44. The Kier molecular flexibility index (Phi) is 4.12. The van der Waals surface area contributed by atoms with Crippen molar-refractivity contribution < 1.29 is 9.84 Å². The van der Waals surface area contributed by atoms with Gasteiger partial charge in [-0.3, -0.25) is 0 Å². The van der Waals surface area contributed by atoms with Crippen LogP contribution in [0.1, 0.15) is 48.8 Å². The largest absolute Gasteiger partial charge is 0.489 e. The maximum Gasteiger partial charge on any atom is 0.120 e. The van der Waals surface area contributed by atoms with Gasteiger partial charge in [-0.05, 0) is 72.3 Å². The van der Waals surface area contributed by atoms with Gasteiger partial charge in [0.25, 0.3) is 0 Å². The number of aliphatic hydroxyl groups is 1. The lowest BCUT2D eigenvalue weighted by atomic mass is 9.55. The highest BCUT2D eigenvalue weighted by Gasteiger charge is 2.52. The minimum Gasteiger partial charge on any atom is -0.489 e. The second-order valence-corrected chi connectivity index (χ2v) is 8.84. The van der Waals surface area contributed by atoms with E-state index in [1.54, 1.807) is 0 Å². The number of allylic oxidation sites excluding steroid dienone is 1. The molecule has 3 aliphatic carbocycles. The molecule has 0 bridgehead atoms. The van der Waals surface area contributed by atoms with Gasteiger partial charge in [0.1, 0.15) is 12.4 Å². The molecule has 2 nitrogen and oxygen atoms in total. The standard InChI is InChI=1S/C25H28O2/c1-25-14-13-21-20-10-8-19(27-16-17-5-3-2-4-6-17)15-18(20)7-9-22(21)23(25)11-12-24(25)26/h2-6,8,10-12,15,21-24,26H,7,9,13-14,16H2,1H3/t21-,22-,23-,24-,25-/m0/s1. The predicted molar refractivity (Wildman–Crippen MR) is 108 cm³/mol. The van der Waals surface area contributed by atoms with Crippen LogP contribution in [-0.4, -0.2) is 11.2 Å². The van der Waals surface area contributed by atoms with Gasteiger partial charge in [0.05, 0.1) is 6.10 Å². The van der Waals surface area contributed by atoms with Crippen LogP contribution >= 0.6 is 0 Å². The maximum atomic E-state index is 10.5. The average molecular weight is 360 g/mol. The third-order valence-corrected chi connectivity index (χ3v) is 7.42. The fourth-order valence-corrected chi connectivity index (χ4v) is 5.82. The Labute approximate surface area is 161 Å². The van der Waals surface area contributed by atoms with Gasteiger partial charge in [-0.25, -0.2) is 0 Å². The van der Waals surface area contributed by atoms with Gasteiger partial charge in [-0.15, -0.1) is 0 Å². The maximum absolute atomic E-state index is 10.5. The third kappa shape index (κ3) is 2.82. The number of hydrogen-bond donors (Lipinski definition) is 1. The molecule has 140 valence electrons. The first kappa shape index (κ1) is 17.1. The molecule has 3 aliphatic rings. The molecule has 2 heteroatoms. The van der Waals surface area contributed by atoms with Crippen molar-refractivity contribution in [2.24, 2.45) is 17.3 Å². The highest BCUT2D eigenvalue weighted by molar-refractivity contribution is 5.41. The van der Waals surface area contributed by atoms with E-state index >= 15 is 0 Å². The van der Waals surface area contributed by atoms with Crippen molar-refractivity contribution in [3.05, 3.63) is 77.4 Å². The number of aryl methyl sites for hydroxylation is 1. The molecule has 2 aromatic rings. The number of fused-ring (bicyclic) bond motifs is 5. The monoisotopic (exact) mass is 360 g/mol. The minimum absolute atomic E-state index is 0.0530. The van der Waals surface area contributed by atoms with Crippen LogP contribution in [0.4, 0.5) is 0 Å². The summed E-state index contributed by atoms with van der Waals surface area (Å²) in [7, 11) is 0. The Balaban J connectivity index is 1.35. The van der Waals surface area contributed by atoms with Crippen LogP contribution in [0.25, 0.3) is 0 Å². The van der Waals surface area contributed by atoms with E-state index in [1.807, 2.05) is 12.1 Å².